The van der Waals surface area contributed by atoms with Crippen molar-refractivity contribution in [1.29, 1.82) is 0 Å². The van der Waals surface area contributed by atoms with Crippen LogP contribution in [-0.2, 0) is 4.52 Å². The Kier molecular flexibility index (Phi) is 5.34. The highest BCUT2D eigenvalue weighted by atomic mass is 31.2. The highest BCUT2D eigenvalue weighted by Crippen LogP contribution is 2.63. The first-order valence-electron chi connectivity index (χ1n) is 8.30. The van der Waals surface area contributed by atoms with Crippen LogP contribution in [0.25, 0.3) is 0 Å². The van der Waals surface area contributed by atoms with Crippen LogP contribution in [0.5, 0.6) is 0 Å². The molecule has 1 aliphatic rings. The fraction of sp³-hybridized carbons (Fsp3) is 0.333. The van der Waals surface area contributed by atoms with E-state index in [0.29, 0.717) is 6.61 Å². The van der Waals surface area contributed by atoms with Crippen molar-refractivity contribution in [2.45, 2.75) is 13.8 Å². The van der Waals surface area contributed by atoms with Gasteiger partial charge in [0.2, 0.25) is 0 Å². The zero-order valence-electron chi connectivity index (χ0n) is 14.1. The van der Waals surface area contributed by atoms with E-state index in [0.717, 1.165) is 31.0 Å². The van der Waals surface area contributed by atoms with Crippen molar-refractivity contribution in [3.63, 3.8) is 0 Å². The molecule has 0 spiro atoms. The van der Waals surface area contributed by atoms with Crippen molar-refractivity contribution in [2.75, 3.05) is 30.9 Å². The molecular formula is C18H23FN3OP. The van der Waals surface area contributed by atoms with Crippen molar-refractivity contribution >= 4 is 19.0 Å². The normalized spacial score (nSPS) is 20.6. The van der Waals surface area contributed by atoms with Crippen LogP contribution in [0, 0.1) is 5.82 Å². The van der Waals surface area contributed by atoms with Gasteiger partial charge in [-0.1, -0.05) is 32.0 Å². The molecule has 1 atom stereocenters. The number of benzene rings is 2. The van der Waals surface area contributed by atoms with Gasteiger partial charge in [-0.2, -0.15) is 0 Å². The molecule has 0 aromatic heterocycles. The Morgan fingerprint density at radius 1 is 1.08 bits per heavy atom. The number of rotatable bonds is 5. The van der Waals surface area contributed by atoms with E-state index in [1.807, 2.05) is 18.2 Å². The van der Waals surface area contributed by atoms with Gasteiger partial charge in [0.05, 0.1) is 18.8 Å². The molecule has 0 amide bonds. The fourth-order valence-electron chi connectivity index (χ4n) is 2.96. The summed E-state index contributed by atoms with van der Waals surface area (Å²) in [7, 11) is -2.36. The van der Waals surface area contributed by atoms with Gasteiger partial charge >= 0.3 is 0 Å². The maximum absolute atomic E-state index is 13.2. The smallest absolute Gasteiger partial charge is 0.258 e. The predicted octanol–water partition coefficient (Wildman–Crippen LogP) is 5.28. The molecule has 2 aromatic carbocycles. The summed E-state index contributed by atoms with van der Waals surface area (Å²) in [5.74, 6) is -0.253. The largest absolute Gasteiger partial charge is 0.315 e. The Balaban J connectivity index is 2.13. The third kappa shape index (κ3) is 3.25. The van der Waals surface area contributed by atoms with E-state index in [-0.39, 0.29) is 5.82 Å². The molecule has 24 heavy (non-hydrogen) atoms. The van der Waals surface area contributed by atoms with Gasteiger partial charge in [-0.15, -0.1) is 0 Å². The van der Waals surface area contributed by atoms with Crippen LogP contribution in [0.4, 0.5) is 15.8 Å². The summed E-state index contributed by atoms with van der Waals surface area (Å²) in [6.45, 7) is 7.38. The number of halogens is 1. The van der Waals surface area contributed by atoms with Gasteiger partial charge in [-0.25, -0.2) is 13.8 Å². The zero-order chi connectivity index (χ0) is 17.0. The lowest BCUT2D eigenvalue weighted by Gasteiger charge is -2.37. The highest BCUT2D eigenvalue weighted by molar-refractivity contribution is 7.61. The maximum atomic E-state index is 13.2. The number of hydrogen-bond acceptors (Lipinski definition) is 2. The molecule has 1 saturated heterocycles. The number of para-hydroxylation sites is 1. The van der Waals surface area contributed by atoms with Gasteiger partial charge in [0.1, 0.15) is 5.82 Å². The molecule has 1 unspecified atom stereocenters. The van der Waals surface area contributed by atoms with E-state index in [4.69, 9.17) is 9.27 Å². The summed E-state index contributed by atoms with van der Waals surface area (Å²) in [6.07, 6.45) is 0. The number of hydrogen-bond donors (Lipinski definition) is 0. The topological polar surface area (TPSA) is 28.1 Å². The van der Waals surface area contributed by atoms with E-state index in [2.05, 4.69) is 35.3 Å². The van der Waals surface area contributed by atoms with Crippen LogP contribution in [0.1, 0.15) is 13.8 Å². The minimum atomic E-state index is -2.36. The third-order valence-electron chi connectivity index (χ3n) is 4.11. The summed E-state index contributed by atoms with van der Waals surface area (Å²) in [5, 5.41) is 0. The Morgan fingerprint density at radius 2 is 1.75 bits per heavy atom. The Bertz CT molecular complexity index is 717. The van der Waals surface area contributed by atoms with Crippen molar-refractivity contribution in [3.8, 4) is 0 Å². The van der Waals surface area contributed by atoms with Crippen LogP contribution in [-0.4, -0.2) is 30.9 Å². The maximum Gasteiger partial charge on any atom is 0.258 e. The lowest BCUT2D eigenvalue weighted by atomic mass is 10.3. The SMILES string of the molecule is CCN(CC)P1(=Nc2ccc(F)cc2)OCCN1c1ccccc1. The van der Waals surface area contributed by atoms with Gasteiger partial charge in [-0.05, 0) is 36.4 Å². The van der Waals surface area contributed by atoms with Crippen molar-refractivity contribution in [2.24, 2.45) is 4.74 Å². The molecule has 1 fully saturated rings. The van der Waals surface area contributed by atoms with Crippen LogP contribution < -0.4 is 4.67 Å². The molecule has 0 aliphatic carbocycles. The Hall–Kier alpha value is -1.68. The average Bonchev–Trinajstić information content (AvgIpc) is 3.03. The van der Waals surface area contributed by atoms with E-state index < -0.39 is 7.58 Å². The molecule has 4 nitrogen and oxygen atoms in total. The highest BCUT2D eigenvalue weighted by Gasteiger charge is 2.39. The van der Waals surface area contributed by atoms with E-state index in [1.165, 1.54) is 12.1 Å². The predicted molar refractivity (Wildman–Crippen MR) is 98.1 cm³/mol. The van der Waals surface area contributed by atoms with Gasteiger partial charge in [0.25, 0.3) is 7.58 Å². The van der Waals surface area contributed by atoms with Crippen LogP contribution in [0.3, 0.4) is 0 Å². The van der Waals surface area contributed by atoms with Crippen LogP contribution in [0.15, 0.2) is 59.3 Å². The van der Waals surface area contributed by atoms with E-state index >= 15 is 0 Å². The molecule has 0 bridgehead atoms. The number of nitrogens with zero attached hydrogens (tertiary/aromatic N) is 3. The van der Waals surface area contributed by atoms with Crippen molar-refractivity contribution in [1.82, 2.24) is 4.67 Å². The molecule has 0 N–H and O–H groups in total. The summed E-state index contributed by atoms with van der Waals surface area (Å²) in [6, 6.07) is 16.6. The van der Waals surface area contributed by atoms with Gasteiger partial charge in [-0.3, -0.25) is 0 Å². The van der Waals surface area contributed by atoms with E-state index in [9.17, 15) is 4.39 Å². The Labute approximate surface area is 143 Å². The summed E-state index contributed by atoms with van der Waals surface area (Å²) >= 11 is 0. The lowest BCUT2D eigenvalue weighted by molar-refractivity contribution is 0.344. The average molecular weight is 347 g/mol. The first-order valence-corrected chi connectivity index (χ1v) is 9.87. The second-order valence-corrected chi connectivity index (χ2v) is 8.05. The molecule has 0 radical (unpaired) electrons. The molecule has 0 saturated carbocycles. The number of anilines is 1. The third-order valence-corrected chi connectivity index (χ3v) is 7.49. The van der Waals surface area contributed by atoms with Crippen LogP contribution >= 0.6 is 7.58 Å². The molecular weight excluding hydrogens is 324 g/mol. The fourth-order valence-corrected chi connectivity index (χ4v) is 6.13. The summed E-state index contributed by atoms with van der Waals surface area (Å²) in [4.78, 5) is 0. The van der Waals surface area contributed by atoms with E-state index in [1.54, 1.807) is 12.1 Å². The van der Waals surface area contributed by atoms with Gasteiger partial charge < -0.3 is 9.19 Å². The van der Waals surface area contributed by atoms with Crippen LogP contribution in [0.2, 0.25) is 0 Å². The minimum absolute atomic E-state index is 0.253. The standard InChI is InChI=1S/C18H23FN3OP/c1-3-21(4-2)24(20-17-12-10-16(19)11-13-17)22(14-15-23-24)18-8-6-5-7-9-18/h5-13H,3-4,14-15H2,1-2H3. The molecule has 2 aromatic rings. The zero-order valence-corrected chi connectivity index (χ0v) is 15.0. The van der Waals surface area contributed by atoms with Crippen molar-refractivity contribution < 1.29 is 8.91 Å². The Morgan fingerprint density at radius 3 is 2.38 bits per heavy atom. The summed E-state index contributed by atoms with van der Waals surface area (Å²) < 4.78 is 29.1. The molecule has 1 aliphatic heterocycles. The first kappa shape index (κ1) is 17.2. The summed E-state index contributed by atoms with van der Waals surface area (Å²) in [5.41, 5.74) is 1.86. The van der Waals surface area contributed by atoms with Gasteiger partial charge in [0, 0.05) is 18.8 Å². The lowest BCUT2D eigenvalue weighted by Crippen LogP contribution is -2.28. The molecule has 3 rings (SSSR count). The molecule has 6 heteroatoms. The van der Waals surface area contributed by atoms with Crippen molar-refractivity contribution in [3.05, 3.63) is 60.4 Å². The quantitative estimate of drug-likeness (QED) is 0.689. The first-order chi connectivity index (χ1) is 11.7. The molecule has 1 heterocycles. The minimum Gasteiger partial charge on any atom is -0.315 e. The second kappa shape index (κ2) is 7.47. The van der Waals surface area contributed by atoms with Gasteiger partial charge in [0.15, 0.2) is 0 Å². The molecule has 128 valence electrons. The monoisotopic (exact) mass is 347 g/mol. The second-order valence-electron chi connectivity index (χ2n) is 5.52.